The Labute approximate surface area is 306 Å². The molecule has 4 aromatic rings. The SMILES string of the molecule is CC(C)(C)c1cc(C=NC2CCCCC2N=Cc2cc(C(C)(C)C)cc(C(C)(C)C)c2O)c(O)c(CP(=O)(c2ccccc2)c2ccccc2)c1. The van der Waals surface area contributed by atoms with E-state index in [-0.39, 0.29) is 46.0 Å². The molecule has 6 heteroatoms. The Balaban J connectivity index is 1.52. The van der Waals surface area contributed by atoms with E-state index in [0.29, 0.717) is 11.1 Å². The summed E-state index contributed by atoms with van der Waals surface area (Å²) in [6.07, 6.45) is 7.77. The van der Waals surface area contributed by atoms with Crippen LogP contribution in [0.25, 0.3) is 0 Å². The lowest BCUT2D eigenvalue weighted by Gasteiger charge is -2.28. The highest BCUT2D eigenvalue weighted by Gasteiger charge is 2.31. The number of hydrogen-bond acceptors (Lipinski definition) is 5. The molecule has 0 saturated heterocycles. The molecule has 5 nitrogen and oxygen atoms in total. The minimum Gasteiger partial charge on any atom is -0.507 e. The van der Waals surface area contributed by atoms with E-state index in [4.69, 9.17) is 9.98 Å². The van der Waals surface area contributed by atoms with Gasteiger partial charge in [-0.05, 0) is 52.3 Å². The summed E-state index contributed by atoms with van der Waals surface area (Å²) in [7, 11) is -3.14. The summed E-state index contributed by atoms with van der Waals surface area (Å²) in [5, 5.41) is 24.7. The van der Waals surface area contributed by atoms with E-state index in [1.54, 1.807) is 6.21 Å². The molecule has 1 aliphatic carbocycles. The van der Waals surface area contributed by atoms with Gasteiger partial charge in [0.25, 0.3) is 0 Å². The normalized spacial score (nSPS) is 17.7. The Morgan fingerprint density at radius 2 is 1.06 bits per heavy atom. The lowest BCUT2D eigenvalue weighted by molar-refractivity contribution is 0.390. The molecular formula is C45H57N2O3P. The van der Waals surface area contributed by atoms with E-state index < -0.39 is 7.14 Å². The summed E-state index contributed by atoms with van der Waals surface area (Å²) in [6.45, 7) is 19.4. The van der Waals surface area contributed by atoms with Crippen LogP contribution in [0.5, 0.6) is 11.5 Å². The zero-order chi connectivity index (χ0) is 37.2. The summed E-state index contributed by atoms with van der Waals surface area (Å²) in [5.41, 5.74) is 4.65. The minimum absolute atomic E-state index is 0.0467. The van der Waals surface area contributed by atoms with E-state index in [0.717, 1.165) is 53.0 Å². The summed E-state index contributed by atoms with van der Waals surface area (Å²) in [6, 6.07) is 27.4. The standard InChI is InChI=1S/C45H57N2O3P/c1-43(2,3)34-24-31(41(48)33(26-34)30-51(50,36-18-12-10-13-19-36)37-20-14-11-15-21-37)28-46-39-22-16-17-23-40(39)47-29-32-25-35(44(4,5)6)27-38(42(32)49)45(7,8)9/h10-15,18-21,24-29,39-40,48-49H,16-17,22-23,30H2,1-9H3. The van der Waals surface area contributed by atoms with Crippen LogP contribution in [0.2, 0.25) is 0 Å². The maximum absolute atomic E-state index is 15.0. The minimum atomic E-state index is -3.14. The number of benzene rings is 4. The Bertz CT molecular complexity index is 1880. The summed E-state index contributed by atoms with van der Waals surface area (Å²) in [4.78, 5) is 10.2. The van der Waals surface area contributed by atoms with Gasteiger partial charge in [-0.2, -0.15) is 0 Å². The maximum atomic E-state index is 15.0. The zero-order valence-corrected chi connectivity index (χ0v) is 33.0. The predicted molar refractivity (Wildman–Crippen MR) is 217 cm³/mol. The average molecular weight is 705 g/mol. The van der Waals surface area contributed by atoms with Gasteiger partial charge in [-0.3, -0.25) is 9.98 Å². The van der Waals surface area contributed by atoms with Crippen molar-refractivity contribution >= 4 is 30.2 Å². The summed E-state index contributed by atoms with van der Waals surface area (Å²) < 4.78 is 15.0. The van der Waals surface area contributed by atoms with Crippen LogP contribution in [0, 0.1) is 0 Å². The highest BCUT2D eigenvalue weighted by molar-refractivity contribution is 7.78. The lowest BCUT2D eigenvalue weighted by Crippen LogP contribution is -2.27. The fourth-order valence-corrected chi connectivity index (χ4v) is 9.52. The molecule has 51 heavy (non-hydrogen) atoms. The first kappa shape index (κ1) is 38.3. The molecule has 2 N–H and O–H groups in total. The molecule has 0 aromatic heterocycles. The zero-order valence-electron chi connectivity index (χ0n) is 32.1. The Morgan fingerprint density at radius 3 is 1.49 bits per heavy atom. The monoisotopic (exact) mass is 704 g/mol. The first-order valence-corrected chi connectivity index (χ1v) is 20.3. The molecule has 1 aliphatic rings. The van der Waals surface area contributed by atoms with Gasteiger partial charge in [-0.15, -0.1) is 0 Å². The highest BCUT2D eigenvalue weighted by Crippen LogP contribution is 2.49. The average Bonchev–Trinajstić information content (AvgIpc) is 3.07. The van der Waals surface area contributed by atoms with Crippen molar-refractivity contribution in [3.8, 4) is 11.5 Å². The summed E-state index contributed by atoms with van der Waals surface area (Å²) in [5.74, 6) is 0.406. The number of nitrogens with zero attached hydrogens (tertiary/aromatic N) is 2. The molecular weight excluding hydrogens is 647 g/mol. The van der Waals surface area contributed by atoms with Crippen molar-refractivity contribution in [1.82, 2.24) is 0 Å². The molecule has 0 bridgehead atoms. The van der Waals surface area contributed by atoms with Gasteiger partial charge in [0.05, 0.1) is 12.1 Å². The van der Waals surface area contributed by atoms with Crippen LogP contribution in [0.4, 0.5) is 0 Å². The van der Waals surface area contributed by atoms with Crippen LogP contribution in [0.1, 0.15) is 121 Å². The van der Waals surface area contributed by atoms with Gasteiger partial charge in [0.2, 0.25) is 0 Å². The van der Waals surface area contributed by atoms with Gasteiger partial charge in [0, 0.05) is 51.5 Å². The summed E-state index contributed by atoms with van der Waals surface area (Å²) >= 11 is 0. The molecule has 0 aliphatic heterocycles. The first-order valence-electron chi connectivity index (χ1n) is 18.4. The van der Waals surface area contributed by atoms with Crippen LogP contribution in [-0.2, 0) is 27.0 Å². The largest absolute Gasteiger partial charge is 0.507 e. The molecule has 0 heterocycles. The third-order valence-electron chi connectivity index (χ3n) is 10.1. The van der Waals surface area contributed by atoms with Crippen LogP contribution in [-0.4, -0.2) is 34.7 Å². The number of hydrogen-bond donors (Lipinski definition) is 2. The van der Waals surface area contributed by atoms with E-state index in [1.165, 1.54) is 5.56 Å². The van der Waals surface area contributed by atoms with Gasteiger partial charge in [0.15, 0.2) is 0 Å². The number of aliphatic imine (C=N–C) groups is 2. The fourth-order valence-electron chi connectivity index (χ4n) is 6.83. The molecule has 2 atom stereocenters. The number of phenolic OH excluding ortho intramolecular Hbond substituents is 2. The van der Waals surface area contributed by atoms with Crippen molar-refractivity contribution < 1.29 is 14.8 Å². The topological polar surface area (TPSA) is 82.2 Å². The van der Waals surface area contributed by atoms with Crippen molar-refractivity contribution in [3.05, 3.63) is 118 Å². The van der Waals surface area contributed by atoms with Crippen molar-refractivity contribution in [3.63, 3.8) is 0 Å². The van der Waals surface area contributed by atoms with E-state index >= 15 is 4.57 Å². The number of aromatic hydroxyl groups is 2. The fraction of sp³-hybridized carbons (Fsp3) is 0.422. The van der Waals surface area contributed by atoms with Gasteiger partial charge in [-0.1, -0.05) is 148 Å². The second-order valence-electron chi connectivity index (χ2n) is 17.3. The van der Waals surface area contributed by atoms with E-state index in [1.807, 2.05) is 79.0 Å². The smallest absolute Gasteiger partial charge is 0.147 e. The molecule has 0 amide bonds. The molecule has 4 aromatic carbocycles. The molecule has 1 fully saturated rings. The van der Waals surface area contributed by atoms with Crippen molar-refractivity contribution in [2.24, 2.45) is 9.98 Å². The lowest BCUT2D eigenvalue weighted by atomic mass is 9.79. The van der Waals surface area contributed by atoms with Crippen molar-refractivity contribution in [2.45, 2.75) is 122 Å². The van der Waals surface area contributed by atoms with Gasteiger partial charge < -0.3 is 14.8 Å². The van der Waals surface area contributed by atoms with Crippen LogP contribution >= 0.6 is 7.14 Å². The van der Waals surface area contributed by atoms with Gasteiger partial charge in [-0.25, -0.2) is 0 Å². The molecule has 270 valence electrons. The van der Waals surface area contributed by atoms with Crippen LogP contribution in [0.15, 0.2) is 94.9 Å². The predicted octanol–water partition coefficient (Wildman–Crippen LogP) is 10.4. The molecule has 5 rings (SSSR count). The molecule has 0 spiro atoms. The van der Waals surface area contributed by atoms with Crippen LogP contribution in [0.3, 0.4) is 0 Å². The maximum Gasteiger partial charge on any atom is 0.147 e. The molecule has 0 radical (unpaired) electrons. The van der Waals surface area contributed by atoms with Crippen molar-refractivity contribution in [2.75, 3.05) is 0 Å². The van der Waals surface area contributed by atoms with Gasteiger partial charge >= 0.3 is 0 Å². The quantitative estimate of drug-likeness (QED) is 0.142. The van der Waals surface area contributed by atoms with Crippen LogP contribution < -0.4 is 10.6 Å². The van der Waals surface area contributed by atoms with E-state index in [9.17, 15) is 10.2 Å². The highest BCUT2D eigenvalue weighted by atomic mass is 31.2. The van der Waals surface area contributed by atoms with E-state index in [2.05, 4.69) is 74.4 Å². The Hall–Kier alpha value is -3.95. The molecule has 2 unspecified atom stereocenters. The Morgan fingerprint density at radius 1 is 0.627 bits per heavy atom. The van der Waals surface area contributed by atoms with Crippen molar-refractivity contribution in [1.29, 1.82) is 0 Å². The third-order valence-corrected chi connectivity index (χ3v) is 13.2. The number of phenols is 2. The number of rotatable bonds is 8. The first-order chi connectivity index (χ1) is 23.9. The van der Waals surface area contributed by atoms with Gasteiger partial charge in [0.1, 0.15) is 18.6 Å². The second kappa shape index (κ2) is 15.0. The molecule has 1 saturated carbocycles. The Kier molecular flexibility index (Phi) is 11.2. The second-order valence-corrected chi connectivity index (χ2v) is 20.2. The third kappa shape index (κ3) is 8.93.